The van der Waals surface area contributed by atoms with Crippen molar-refractivity contribution in [1.82, 2.24) is 9.97 Å². The fraction of sp³-hybridized carbons (Fsp3) is 0. The fourth-order valence-corrected chi connectivity index (χ4v) is 3.49. The number of hydrogen-bond acceptors (Lipinski definition) is 5. The van der Waals surface area contributed by atoms with Crippen molar-refractivity contribution in [1.29, 1.82) is 0 Å². The lowest BCUT2D eigenvalue weighted by Gasteiger charge is -2.05. The second kappa shape index (κ2) is 4.67. The molecule has 2 heterocycles. The van der Waals surface area contributed by atoms with E-state index in [2.05, 4.69) is 9.97 Å². The molecule has 0 amide bonds. The van der Waals surface area contributed by atoms with Crippen LogP contribution in [0.15, 0.2) is 58.6 Å². The first-order valence-corrected chi connectivity index (χ1v) is 7.41. The highest BCUT2D eigenvalue weighted by molar-refractivity contribution is 7.91. The lowest BCUT2D eigenvalue weighted by Crippen LogP contribution is -2.06. The number of rotatable bonds is 3. The van der Waals surface area contributed by atoms with Crippen LogP contribution in [-0.4, -0.2) is 23.3 Å². The fourth-order valence-electron chi connectivity index (χ4n) is 2.09. The number of hydrogen-bond donors (Lipinski definition) is 1. The van der Waals surface area contributed by atoms with Gasteiger partial charge in [0.25, 0.3) is 0 Å². The second-order valence-corrected chi connectivity index (χ2v) is 6.20. The Morgan fingerprint density at radius 3 is 2.52 bits per heavy atom. The first-order valence-electron chi connectivity index (χ1n) is 5.92. The predicted molar refractivity (Wildman–Crippen MR) is 74.6 cm³/mol. The molecule has 0 aliphatic rings. The molecule has 0 fully saturated rings. The number of nitrogens with one attached hydrogen (secondary N) is 1. The molecule has 2 aromatic heterocycles. The Hall–Kier alpha value is -2.74. The normalized spacial score (nSPS) is 11.6. The predicted octanol–water partition coefficient (Wildman–Crippen LogP) is 2.30. The van der Waals surface area contributed by atoms with Gasteiger partial charge >= 0.3 is 5.69 Å². The van der Waals surface area contributed by atoms with E-state index in [-0.39, 0.29) is 15.9 Å². The molecule has 0 unspecified atom stereocenters. The van der Waals surface area contributed by atoms with Gasteiger partial charge in [-0.25, -0.2) is 13.4 Å². The molecule has 0 radical (unpaired) electrons. The van der Waals surface area contributed by atoms with E-state index >= 15 is 0 Å². The third kappa shape index (κ3) is 2.05. The van der Waals surface area contributed by atoms with Crippen LogP contribution in [-0.2, 0) is 9.84 Å². The molecule has 7 nitrogen and oxygen atoms in total. The highest BCUT2D eigenvalue weighted by Gasteiger charge is 2.30. The number of benzene rings is 1. The van der Waals surface area contributed by atoms with Gasteiger partial charge in [0.15, 0.2) is 4.90 Å². The molecule has 0 aliphatic heterocycles. The molecule has 1 N–H and O–H groups in total. The smallest absolute Gasteiger partial charge is 0.300 e. The first-order chi connectivity index (χ1) is 10.0. The van der Waals surface area contributed by atoms with Crippen molar-refractivity contribution in [3.63, 3.8) is 0 Å². The molecule has 8 heteroatoms. The van der Waals surface area contributed by atoms with Crippen LogP contribution in [0.5, 0.6) is 0 Å². The Bertz CT molecular complexity index is 932. The summed E-state index contributed by atoms with van der Waals surface area (Å²) >= 11 is 0. The molecule has 21 heavy (non-hydrogen) atoms. The van der Waals surface area contributed by atoms with Gasteiger partial charge in [-0.05, 0) is 18.2 Å². The van der Waals surface area contributed by atoms with Crippen LogP contribution in [0.25, 0.3) is 11.0 Å². The van der Waals surface area contributed by atoms with Gasteiger partial charge in [0.1, 0.15) is 5.65 Å². The number of pyridine rings is 1. The Morgan fingerprint density at radius 1 is 1.14 bits per heavy atom. The van der Waals surface area contributed by atoms with E-state index in [9.17, 15) is 18.5 Å². The summed E-state index contributed by atoms with van der Waals surface area (Å²) in [4.78, 5) is 16.8. The molecular weight excluding hydrogens is 294 g/mol. The van der Waals surface area contributed by atoms with Crippen molar-refractivity contribution >= 4 is 26.6 Å². The molecular formula is C13H9N3O4S. The van der Waals surface area contributed by atoms with Crippen molar-refractivity contribution in [2.75, 3.05) is 0 Å². The van der Waals surface area contributed by atoms with Crippen LogP contribution in [0.3, 0.4) is 0 Å². The first kappa shape index (κ1) is 13.3. The molecule has 1 aromatic carbocycles. The average Bonchev–Trinajstić information content (AvgIpc) is 2.95. The minimum atomic E-state index is -4.00. The minimum absolute atomic E-state index is 0.00946. The summed E-state index contributed by atoms with van der Waals surface area (Å²) in [5.41, 5.74) is -0.196. The molecule has 3 aromatic rings. The number of nitro groups is 1. The summed E-state index contributed by atoms with van der Waals surface area (Å²) in [6, 6.07) is 8.99. The molecule has 0 saturated carbocycles. The van der Waals surface area contributed by atoms with Crippen LogP contribution in [0.1, 0.15) is 0 Å². The lowest BCUT2D eigenvalue weighted by atomic mass is 10.3. The number of fused-ring (bicyclic) bond motifs is 1. The zero-order valence-corrected chi connectivity index (χ0v) is 11.4. The largest absolute Gasteiger partial charge is 0.346 e. The van der Waals surface area contributed by atoms with E-state index in [1.54, 1.807) is 18.2 Å². The van der Waals surface area contributed by atoms with Crippen LogP contribution in [0, 0.1) is 10.1 Å². The summed E-state index contributed by atoms with van der Waals surface area (Å²) in [6.45, 7) is 0. The number of H-pyrrole nitrogens is 1. The van der Waals surface area contributed by atoms with E-state index in [1.807, 2.05) is 0 Å². The van der Waals surface area contributed by atoms with E-state index in [0.717, 1.165) is 6.20 Å². The maximum Gasteiger partial charge on any atom is 0.300 e. The minimum Gasteiger partial charge on any atom is -0.346 e. The maximum atomic E-state index is 12.6. The summed E-state index contributed by atoms with van der Waals surface area (Å²) < 4.78 is 25.1. The van der Waals surface area contributed by atoms with Gasteiger partial charge in [0.2, 0.25) is 9.84 Å². The Kier molecular flexibility index (Phi) is 2.95. The SMILES string of the molecule is O=[N+]([O-])c1c(S(=O)(=O)c2ccccc2)cnc2[nH]ccc12. The number of sulfone groups is 1. The van der Waals surface area contributed by atoms with Gasteiger partial charge in [-0.3, -0.25) is 10.1 Å². The van der Waals surface area contributed by atoms with Crippen LogP contribution >= 0.6 is 0 Å². The zero-order valence-electron chi connectivity index (χ0n) is 10.6. The Labute approximate surface area is 119 Å². The van der Waals surface area contributed by atoms with Gasteiger partial charge in [-0.1, -0.05) is 18.2 Å². The summed E-state index contributed by atoms with van der Waals surface area (Å²) in [6.07, 6.45) is 2.49. The van der Waals surface area contributed by atoms with Crippen molar-refractivity contribution in [3.05, 3.63) is 58.9 Å². The van der Waals surface area contributed by atoms with Gasteiger partial charge in [0.05, 0.1) is 21.4 Å². The van der Waals surface area contributed by atoms with Crippen LogP contribution in [0.4, 0.5) is 5.69 Å². The van der Waals surface area contributed by atoms with Crippen molar-refractivity contribution < 1.29 is 13.3 Å². The topological polar surface area (TPSA) is 106 Å². The molecule has 0 spiro atoms. The van der Waals surface area contributed by atoms with Gasteiger partial charge in [-0.15, -0.1) is 0 Å². The zero-order chi connectivity index (χ0) is 15.0. The molecule has 106 valence electrons. The summed E-state index contributed by atoms with van der Waals surface area (Å²) in [7, 11) is -4.00. The van der Waals surface area contributed by atoms with E-state index in [4.69, 9.17) is 0 Å². The number of aromatic nitrogens is 2. The van der Waals surface area contributed by atoms with Crippen molar-refractivity contribution in [3.8, 4) is 0 Å². The molecule has 0 saturated heterocycles. The summed E-state index contributed by atoms with van der Waals surface area (Å²) in [5.74, 6) is 0. The molecule has 0 bridgehead atoms. The summed E-state index contributed by atoms with van der Waals surface area (Å²) in [5, 5.41) is 11.5. The maximum absolute atomic E-state index is 12.6. The third-order valence-corrected chi connectivity index (χ3v) is 4.82. The van der Waals surface area contributed by atoms with E-state index in [1.165, 1.54) is 24.4 Å². The standard InChI is InChI=1S/C13H9N3O4S/c17-16(18)12-10-6-7-14-13(10)15-8-11(12)21(19,20)9-4-2-1-3-5-9/h1-8H,(H,14,15). The van der Waals surface area contributed by atoms with Crippen molar-refractivity contribution in [2.24, 2.45) is 0 Å². The Morgan fingerprint density at radius 2 is 1.86 bits per heavy atom. The monoisotopic (exact) mass is 303 g/mol. The Balaban J connectivity index is 2.35. The lowest BCUT2D eigenvalue weighted by molar-refractivity contribution is -0.386. The van der Waals surface area contributed by atoms with Gasteiger partial charge in [0, 0.05) is 6.20 Å². The van der Waals surface area contributed by atoms with E-state index < -0.39 is 25.3 Å². The molecule has 0 atom stereocenters. The highest BCUT2D eigenvalue weighted by Crippen LogP contribution is 2.33. The van der Waals surface area contributed by atoms with Crippen LogP contribution in [0.2, 0.25) is 0 Å². The van der Waals surface area contributed by atoms with Gasteiger partial charge in [-0.2, -0.15) is 0 Å². The number of nitrogens with zero attached hydrogens (tertiary/aromatic N) is 2. The molecule has 3 rings (SSSR count). The van der Waals surface area contributed by atoms with Crippen LogP contribution < -0.4 is 0 Å². The number of aromatic amines is 1. The molecule has 0 aliphatic carbocycles. The van der Waals surface area contributed by atoms with E-state index in [0.29, 0.717) is 0 Å². The average molecular weight is 303 g/mol. The third-order valence-electron chi connectivity index (χ3n) is 3.05. The van der Waals surface area contributed by atoms with Gasteiger partial charge < -0.3 is 4.98 Å². The highest BCUT2D eigenvalue weighted by atomic mass is 32.2. The second-order valence-electron chi connectivity index (χ2n) is 4.28. The quantitative estimate of drug-likeness (QED) is 0.590. The van der Waals surface area contributed by atoms with Crippen molar-refractivity contribution in [2.45, 2.75) is 9.79 Å².